The van der Waals surface area contributed by atoms with Crippen LogP contribution >= 0.6 is 0 Å². The van der Waals surface area contributed by atoms with Crippen LogP contribution in [0.4, 0.5) is 0 Å². The molecule has 3 atom stereocenters. The van der Waals surface area contributed by atoms with Crippen LogP contribution in [-0.2, 0) is 9.53 Å². The summed E-state index contributed by atoms with van der Waals surface area (Å²) in [5, 5.41) is 3.42. The van der Waals surface area contributed by atoms with Gasteiger partial charge in [0.2, 0.25) is 0 Å². The maximum Gasteiger partial charge on any atom is 0.326 e. The van der Waals surface area contributed by atoms with E-state index in [0.29, 0.717) is 11.8 Å². The van der Waals surface area contributed by atoms with Gasteiger partial charge in [0.1, 0.15) is 5.54 Å². The molecule has 1 N–H and O–H groups in total. The van der Waals surface area contributed by atoms with Gasteiger partial charge in [-0.3, -0.25) is 9.69 Å². The number of hydrogen-bond acceptors (Lipinski definition) is 4. The first-order chi connectivity index (χ1) is 9.10. The smallest absolute Gasteiger partial charge is 0.326 e. The SMILES string of the molecule is COC(=O)C1(N2CCCNCC2)CCC(C)C(C)C1. The van der Waals surface area contributed by atoms with Crippen molar-refractivity contribution in [2.24, 2.45) is 11.8 Å². The van der Waals surface area contributed by atoms with Gasteiger partial charge in [-0.1, -0.05) is 13.8 Å². The fraction of sp³-hybridized carbons (Fsp3) is 0.933. The summed E-state index contributed by atoms with van der Waals surface area (Å²) in [5.41, 5.74) is -0.368. The lowest BCUT2D eigenvalue weighted by atomic mass is 9.70. The van der Waals surface area contributed by atoms with Gasteiger partial charge in [-0.25, -0.2) is 0 Å². The predicted molar refractivity (Wildman–Crippen MR) is 76.0 cm³/mol. The summed E-state index contributed by atoms with van der Waals surface area (Å²) in [7, 11) is 1.53. The van der Waals surface area contributed by atoms with Gasteiger partial charge in [-0.15, -0.1) is 0 Å². The molecule has 2 aliphatic rings. The third-order valence-electron chi connectivity index (χ3n) is 5.16. The molecule has 0 aromatic heterocycles. The number of esters is 1. The van der Waals surface area contributed by atoms with Crippen molar-refractivity contribution < 1.29 is 9.53 Å². The van der Waals surface area contributed by atoms with Crippen LogP contribution in [0.5, 0.6) is 0 Å². The van der Waals surface area contributed by atoms with Gasteiger partial charge in [0.15, 0.2) is 0 Å². The first-order valence-corrected chi connectivity index (χ1v) is 7.64. The molecule has 110 valence electrons. The molecule has 0 aromatic carbocycles. The van der Waals surface area contributed by atoms with Crippen molar-refractivity contribution >= 4 is 5.97 Å². The standard InChI is InChI=1S/C15H28N2O2/c1-12-5-6-15(11-13(12)2,14(18)19-3)17-9-4-7-16-8-10-17/h12-13,16H,4-11H2,1-3H3. The van der Waals surface area contributed by atoms with E-state index in [4.69, 9.17) is 4.74 Å². The normalized spacial score (nSPS) is 37.6. The molecule has 0 amide bonds. The summed E-state index contributed by atoms with van der Waals surface area (Å²) >= 11 is 0. The van der Waals surface area contributed by atoms with E-state index in [1.807, 2.05) is 0 Å². The molecule has 1 saturated carbocycles. The lowest BCUT2D eigenvalue weighted by Gasteiger charge is -2.47. The fourth-order valence-electron chi connectivity index (χ4n) is 3.65. The minimum absolute atomic E-state index is 0.0202. The molecule has 0 spiro atoms. The van der Waals surface area contributed by atoms with E-state index < -0.39 is 0 Å². The number of ether oxygens (including phenoxy) is 1. The Hall–Kier alpha value is -0.610. The molecule has 3 unspecified atom stereocenters. The second-order valence-electron chi connectivity index (χ2n) is 6.31. The van der Waals surface area contributed by atoms with Crippen molar-refractivity contribution in [1.29, 1.82) is 0 Å². The molecule has 1 aliphatic carbocycles. The summed E-state index contributed by atoms with van der Waals surface area (Å²) in [6, 6.07) is 0. The number of nitrogens with one attached hydrogen (secondary N) is 1. The van der Waals surface area contributed by atoms with Crippen LogP contribution in [0.1, 0.15) is 39.5 Å². The molecular weight excluding hydrogens is 240 g/mol. The zero-order chi connectivity index (χ0) is 13.9. The van der Waals surface area contributed by atoms with Crippen LogP contribution in [0.3, 0.4) is 0 Å². The summed E-state index contributed by atoms with van der Waals surface area (Å²) in [4.78, 5) is 14.9. The average Bonchev–Trinajstić information content (AvgIpc) is 2.70. The van der Waals surface area contributed by atoms with Crippen molar-refractivity contribution in [2.45, 2.75) is 45.1 Å². The zero-order valence-electron chi connectivity index (χ0n) is 12.6. The molecular formula is C15H28N2O2. The van der Waals surface area contributed by atoms with E-state index in [9.17, 15) is 4.79 Å². The highest BCUT2D eigenvalue weighted by molar-refractivity contribution is 5.81. The highest BCUT2D eigenvalue weighted by Crippen LogP contribution is 2.41. The average molecular weight is 268 g/mol. The number of hydrogen-bond donors (Lipinski definition) is 1. The van der Waals surface area contributed by atoms with E-state index in [2.05, 4.69) is 24.1 Å². The first kappa shape index (κ1) is 14.8. The lowest BCUT2D eigenvalue weighted by Crippen LogP contribution is -2.59. The Morgan fingerprint density at radius 3 is 2.74 bits per heavy atom. The third-order valence-corrected chi connectivity index (χ3v) is 5.16. The van der Waals surface area contributed by atoms with Crippen molar-refractivity contribution in [3.63, 3.8) is 0 Å². The molecule has 1 saturated heterocycles. The van der Waals surface area contributed by atoms with Gasteiger partial charge in [-0.2, -0.15) is 0 Å². The van der Waals surface area contributed by atoms with E-state index >= 15 is 0 Å². The maximum atomic E-state index is 12.5. The zero-order valence-corrected chi connectivity index (χ0v) is 12.6. The number of rotatable bonds is 2. The third kappa shape index (κ3) is 2.95. The quantitative estimate of drug-likeness (QED) is 0.773. The van der Waals surface area contributed by atoms with Crippen molar-refractivity contribution in [2.75, 3.05) is 33.3 Å². The number of nitrogens with zero attached hydrogens (tertiary/aromatic N) is 1. The Balaban J connectivity index is 2.21. The molecule has 0 radical (unpaired) electrons. The number of carbonyl (C=O) groups excluding carboxylic acids is 1. The minimum Gasteiger partial charge on any atom is -0.468 e. The first-order valence-electron chi connectivity index (χ1n) is 7.64. The Morgan fingerprint density at radius 2 is 2.05 bits per heavy atom. The van der Waals surface area contributed by atoms with Gasteiger partial charge < -0.3 is 10.1 Å². The Labute approximate surface area is 116 Å². The van der Waals surface area contributed by atoms with Crippen LogP contribution < -0.4 is 5.32 Å². The molecule has 1 aliphatic heterocycles. The van der Waals surface area contributed by atoms with E-state index in [-0.39, 0.29) is 11.5 Å². The van der Waals surface area contributed by atoms with Gasteiger partial charge in [0, 0.05) is 19.6 Å². The van der Waals surface area contributed by atoms with E-state index in [1.165, 1.54) is 7.11 Å². The summed E-state index contributed by atoms with van der Waals surface area (Å²) in [6.07, 6.45) is 4.13. The Kier molecular flexibility index (Phi) is 4.85. The van der Waals surface area contributed by atoms with Crippen LogP contribution in [0.2, 0.25) is 0 Å². The fourth-order valence-corrected chi connectivity index (χ4v) is 3.65. The molecule has 4 nitrogen and oxygen atoms in total. The largest absolute Gasteiger partial charge is 0.468 e. The molecule has 0 bridgehead atoms. The van der Waals surface area contributed by atoms with Crippen molar-refractivity contribution in [3.8, 4) is 0 Å². The van der Waals surface area contributed by atoms with E-state index in [1.54, 1.807) is 0 Å². The minimum atomic E-state index is -0.368. The Bertz CT molecular complexity index is 313. The molecule has 4 heteroatoms. The van der Waals surface area contributed by atoms with E-state index in [0.717, 1.165) is 51.9 Å². The van der Waals surface area contributed by atoms with Gasteiger partial charge in [-0.05, 0) is 44.1 Å². The van der Waals surface area contributed by atoms with Crippen LogP contribution in [-0.4, -0.2) is 49.7 Å². The Morgan fingerprint density at radius 1 is 1.26 bits per heavy atom. The maximum absolute atomic E-state index is 12.5. The van der Waals surface area contributed by atoms with Gasteiger partial charge >= 0.3 is 5.97 Å². The molecule has 19 heavy (non-hydrogen) atoms. The second-order valence-corrected chi connectivity index (χ2v) is 6.31. The van der Waals surface area contributed by atoms with Crippen LogP contribution in [0.25, 0.3) is 0 Å². The number of methoxy groups -OCH3 is 1. The van der Waals surface area contributed by atoms with Crippen LogP contribution in [0.15, 0.2) is 0 Å². The van der Waals surface area contributed by atoms with Gasteiger partial charge in [0.25, 0.3) is 0 Å². The monoisotopic (exact) mass is 268 g/mol. The molecule has 1 heterocycles. The molecule has 2 fully saturated rings. The van der Waals surface area contributed by atoms with Crippen molar-refractivity contribution in [3.05, 3.63) is 0 Å². The second kappa shape index (κ2) is 6.23. The summed E-state index contributed by atoms with van der Waals surface area (Å²) < 4.78 is 5.17. The molecule has 0 aromatic rings. The van der Waals surface area contributed by atoms with Gasteiger partial charge in [0.05, 0.1) is 7.11 Å². The summed E-state index contributed by atoms with van der Waals surface area (Å²) in [5.74, 6) is 1.28. The highest BCUT2D eigenvalue weighted by Gasteiger charge is 2.48. The topological polar surface area (TPSA) is 41.6 Å². The van der Waals surface area contributed by atoms with Crippen molar-refractivity contribution in [1.82, 2.24) is 10.2 Å². The predicted octanol–water partition coefficient (Wildman–Crippen LogP) is 1.65. The lowest BCUT2D eigenvalue weighted by molar-refractivity contribution is -0.160. The van der Waals surface area contributed by atoms with Crippen LogP contribution in [0, 0.1) is 11.8 Å². The molecule has 2 rings (SSSR count). The highest BCUT2D eigenvalue weighted by atomic mass is 16.5. The summed E-state index contributed by atoms with van der Waals surface area (Å²) in [6.45, 7) is 8.56. The number of carbonyl (C=O) groups is 1.